The molecule has 1 aliphatic heterocycles. The molecule has 6 nitrogen and oxygen atoms in total. The van der Waals surface area contributed by atoms with E-state index in [4.69, 9.17) is 9.47 Å². The van der Waals surface area contributed by atoms with Gasteiger partial charge in [-0.25, -0.2) is 13.2 Å². The Morgan fingerprint density at radius 2 is 1.37 bits per heavy atom. The van der Waals surface area contributed by atoms with Gasteiger partial charge in [0.05, 0.1) is 29.9 Å². The lowest BCUT2D eigenvalue weighted by molar-refractivity contribution is -0.138. The van der Waals surface area contributed by atoms with Crippen molar-refractivity contribution in [1.29, 1.82) is 0 Å². The average molecular weight is 566 g/mol. The Morgan fingerprint density at radius 1 is 0.805 bits per heavy atom. The third-order valence-corrected chi connectivity index (χ3v) is 8.76. The van der Waals surface area contributed by atoms with Crippen molar-refractivity contribution < 1.29 is 22.7 Å². The van der Waals surface area contributed by atoms with Gasteiger partial charge in [0.25, 0.3) is 10.0 Å². The fourth-order valence-corrected chi connectivity index (χ4v) is 6.69. The molecule has 4 aromatic carbocycles. The first-order chi connectivity index (χ1) is 19.9. The Kier molecular flexibility index (Phi) is 8.08. The number of nitrogens with zero attached hydrogens (tertiary/aromatic N) is 1. The van der Waals surface area contributed by atoms with Gasteiger partial charge in [-0.3, -0.25) is 4.31 Å². The number of carbonyl (C=O) groups excluding carboxylic acids is 1. The third kappa shape index (κ3) is 5.41. The summed E-state index contributed by atoms with van der Waals surface area (Å²) in [5.74, 6) is -0.137. The number of allylic oxidation sites excluding steroid dienone is 1. The summed E-state index contributed by atoms with van der Waals surface area (Å²) >= 11 is 0. The zero-order valence-corrected chi connectivity index (χ0v) is 24.0. The maximum Gasteiger partial charge on any atom is 0.336 e. The third-order valence-electron chi connectivity index (χ3n) is 6.96. The highest BCUT2D eigenvalue weighted by atomic mass is 32.2. The van der Waals surface area contributed by atoms with E-state index in [0.29, 0.717) is 22.6 Å². The number of ether oxygens (including phenoxy) is 2. The van der Waals surface area contributed by atoms with Gasteiger partial charge in [-0.1, -0.05) is 96.6 Å². The second-order valence-corrected chi connectivity index (χ2v) is 11.4. The first-order valence-corrected chi connectivity index (χ1v) is 14.8. The molecule has 208 valence electrons. The Morgan fingerprint density at radius 3 is 1.93 bits per heavy atom. The molecule has 41 heavy (non-hydrogen) atoms. The second kappa shape index (κ2) is 11.9. The predicted molar refractivity (Wildman–Crippen MR) is 160 cm³/mol. The molecule has 0 bridgehead atoms. The van der Waals surface area contributed by atoms with Gasteiger partial charge in [0.2, 0.25) is 0 Å². The number of rotatable bonds is 8. The summed E-state index contributed by atoms with van der Waals surface area (Å²) in [7, 11) is -2.69. The van der Waals surface area contributed by atoms with E-state index in [1.165, 1.54) is 11.4 Å². The quantitative estimate of drug-likeness (QED) is 0.222. The van der Waals surface area contributed by atoms with E-state index >= 15 is 0 Å². The van der Waals surface area contributed by atoms with E-state index in [9.17, 15) is 13.2 Å². The van der Waals surface area contributed by atoms with Gasteiger partial charge in [-0.2, -0.15) is 0 Å². The van der Waals surface area contributed by atoms with E-state index < -0.39 is 22.0 Å². The zero-order chi connectivity index (χ0) is 29.0. The number of aryl methyl sites for hydroxylation is 1. The van der Waals surface area contributed by atoms with Crippen LogP contribution in [-0.4, -0.2) is 32.4 Å². The molecule has 1 unspecified atom stereocenters. The maximum absolute atomic E-state index is 14.7. The molecule has 1 atom stereocenters. The Bertz CT molecular complexity index is 1670. The van der Waals surface area contributed by atoms with Gasteiger partial charge in [-0.15, -0.1) is 0 Å². The summed E-state index contributed by atoms with van der Waals surface area (Å²) in [6, 6.07) is 32.0. The van der Waals surface area contributed by atoms with Crippen LogP contribution >= 0.6 is 0 Å². The number of carbonyl (C=O) groups is 1. The van der Waals surface area contributed by atoms with E-state index in [2.05, 4.69) is 0 Å². The first kappa shape index (κ1) is 27.9. The molecule has 4 aromatic rings. The summed E-state index contributed by atoms with van der Waals surface area (Å²) in [6.45, 7) is 3.77. The molecular weight excluding hydrogens is 534 g/mol. The van der Waals surface area contributed by atoms with E-state index in [1.54, 1.807) is 61.5 Å². The van der Waals surface area contributed by atoms with Gasteiger partial charge in [0, 0.05) is 11.1 Å². The van der Waals surface area contributed by atoms with Crippen molar-refractivity contribution in [2.75, 3.05) is 13.7 Å². The smallest absolute Gasteiger partial charge is 0.336 e. The summed E-state index contributed by atoms with van der Waals surface area (Å²) in [5.41, 5.74) is 4.30. The van der Waals surface area contributed by atoms with Gasteiger partial charge in [0.1, 0.15) is 11.8 Å². The number of esters is 1. The number of sulfonamides is 1. The lowest BCUT2D eigenvalue weighted by atomic mass is 9.96. The highest BCUT2D eigenvalue weighted by Gasteiger charge is 2.45. The molecule has 0 aromatic heterocycles. The van der Waals surface area contributed by atoms with Gasteiger partial charge in [0.15, 0.2) is 0 Å². The lowest BCUT2D eigenvalue weighted by Crippen LogP contribution is -2.33. The molecule has 0 saturated heterocycles. The number of benzene rings is 4. The topological polar surface area (TPSA) is 72.9 Å². The SMILES string of the molecule is CCOC(=O)C1=CC(=C(c2ccccc2)c2ccccc2)N(S(=O)(=O)c2ccc(C)cc2)C1c1ccccc1OC. The first-order valence-electron chi connectivity index (χ1n) is 13.3. The molecule has 0 N–H and O–H groups in total. The van der Waals surface area contributed by atoms with Crippen LogP contribution in [0.4, 0.5) is 0 Å². The number of hydrogen-bond donors (Lipinski definition) is 0. The fourth-order valence-electron chi connectivity index (χ4n) is 5.07. The van der Waals surface area contributed by atoms with Crippen LogP contribution in [0.1, 0.15) is 35.2 Å². The van der Waals surface area contributed by atoms with Crippen molar-refractivity contribution >= 4 is 21.6 Å². The molecular formula is C34H31NO5S. The van der Waals surface area contributed by atoms with Gasteiger partial charge in [-0.05, 0) is 49.2 Å². The molecule has 0 aliphatic carbocycles. The predicted octanol–water partition coefficient (Wildman–Crippen LogP) is 6.70. The van der Waals surface area contributed by atoms with Crippen LogP contribution in [0, 0.1) is 6.92 Å². The van der Waals surface area contributed by atoms with Crippen molar-refractivity contribution in [3.8, 4) is 5.75 Å². The number of methoxy groups -OCH3 is 1. The van der Waals surface area contributed by atoms with Crippen molar-refractivity contribution in [3.05, 3.63) is 149 Å². The second-order valence-electron chi connectivity index (χ2n) is 9.57. The molecule has 0 spiro atoms. The van der Waals surface area contributed by atoms with Crippen LogP contribution < -0.4 is 4.74 Å². The molecule has 1 aliphatic rings. The van der Waals surface area contributed by atoms with Crippen LogP contribution in [0.2, 0.25) is 0 Å². The molecule has 1 heterocycles. The van der Waals surface area contributed by atoms with Crippen molar-refractivity contribution in [2.45, 2.75) is 24.8 Å². The maximum atomic E-state index is 14.7. The summed E-state index contributed by atoms with van der Waals surface area (Å²) in [5, 5.41) is 0. The Labute approximate surface area is 241 Å². The van der Waals surface area contributed by atoms with Crippen LogP contribution in [0.25, 0.3) is 5.57 Å². The Hall–Kier alpha value is -4.62. The van der Waals surface area contributed by atoms with Crippen molar-refractivity contribution in [2.24, 2.45) is 0 Å². The van der Waals surface area contributed by atoms with E-state index in [0.717, 1.165) is 16.7 Å². The molecule has 5 rings (SSSR count). The fraction of sp³-hybridized carbons (Fsp3) is 0.147. The minimum absolute atomic E-state index is 0.111. The summed E-state index contributed by atoms with van der Waals surface area (Å²) in [6.07, 6.45) is 1.65. The normalized spacial score (nSPS) is 14.9. The van der Waals surface area contributed by atoms with Crippen LogP contribution in [0.5, 0.6) is 5.75 Å². The van der Waals surface area contributed by atoms with Crippen LogP contribution in [0.15, 0.2) is 131 Å². The van der Waals surface area contributed by atoms with Crippen molar-refractivity contribution in [1.82, 2.24) is 4.31 Å². The van der Waals surface area contributed by atoms with Gasteiger partial charge >= 0.3 is 5.97 Å². The van der Waals surface area contributed by atoms with E-state index in [-0.39, 0.29) is 17.1 Å². The average Bonchev–Trinajstić information content (AvgIpc) is 3.40. The van der Waals surface area contributed by atoms with Crippen molar-refractivity contribution in [3.63, 3.8) is 0 Å². The number of hydrogen-bond acceptors (Lipinski definition) is 5. The minimum atomic E-state index is -4.21. The Balaban J connectivity index is 1.90. The zero-order valence-electron chi connectivity index (χ0n) is 23.2. The molecule has 0 radical (unpaired) electrons. The lowest BCUT2D eigenvalue weighted by Gasteiger charge is -2.31. The van der Waals surface area contributed by atoms with E-state index in [1.807, 2.05) is 67.6 Å². The highest BCUT2D eigenvalue weighted by Crippen LogP contribution is 2.48. The van der Waals surface area contributed by atoms with Crippen LogP contribution in [-0.2, 0) is 19.6 Å². The molecule has 0 fully saturated rings. The van der Waals surface area contributed by atoms with Gasteiger partial charge < -0.3 is 9.47 Å². The monoisotopic (exact) mass is 565 g/mol. The van der Waals surface area contributed by atoms with Crippen LogP contribution in [0.3, 0.4) is 0 Å². The molecule has 7 heteroatoms. The summed E-state index contributed by atoms with van der Waals surface area (Å²) in [4.78, 5) is 13.7. The molecule has 0 saturated carbocycles. The number of para-hydroxylation sites is 1. The highest BCUT2D eigenvalue weighted by molar-refractivity contribution is 7.89. The minimum Gasteiger partial charge on any atom is -0.496 e. The standard InChI is InChI=1S/C34H31NO5S/c1-4-40-34(36)29-23-30(32(25-13-7-5-8-14-25)26-15-9-6-10-16-26)35(33(29)28-17-11-12-18-31(28)39-3)41(37,38)27-21-19-24(2)20-22-27/h5-23,33H,4H2,1-3H3. The summed E-state index contributed by atoms with van der Waals surface area (Å²) < 4.78 is 41.9. The largest absolute Gasteiger partial charge is 0.496 e. The molecule has 0 amide bonds.